The lowest BCUT2D eigenvalue weighted by Crippen LogP contribution is -2.26. The molecule has 0 fully saturated rings. The smallest absolute Gasteiger partial charge is 0.271 e. The molecule has 0 radical (unpaired) electrons. The zero-order valence-electron chi connectivity index (χ0n) is 13.0. The third kappa shape index (κ3) is 3.54. The highest BCUT2D eigenvalue weighted by atomic mass is 79.9. The number of hydrogen-bond acceptors (Lipinski definition) is 2. The Morgan fingerprint density at radius 3 is 2.62 bits per heavy atom. The number of carbonyl (C=O) groups is 1. The number of benzene rings is 2. The molecule has 1 amide bonds. The number of aromatic nitrogens is 2. The van der Waals surface area contributed by atoms with E-state index in [1.54, 1.807) is 31.3 Å². The van der Waals surface area contributed by atoms with Crippen LogP contribution in [0.2, 0.25) is 0 Å². The summed E-state index contributed by atoms with van der Waals surface area (Å²) in [7, 11) is 1.63. The number of amides is 1. The number of rotatable bonds is 4. The van der Waals surface area contributed by atoms with Gasteiger partial charge in [-0.3, -0.25) is 9.89 Å². The first-order valence-electron chi connectivity index (χ1n) is 7.35. The monoisotopic (exact) mass is 387 g/mol. The molecule has 1 heterocycles. The van der Waals surface area contributed by atoms with Crippen molar-refractivity contribution in [3.05, 3.63) is 76.1 Å². The Morgan fingerprint density at radius 1 is 1.21 bits per heavy atom. The molecule has 0 saturated carbocycles. The highest BCUT2D eigenvalue weighted by Gasteiger charge is 2.16. The van der Waals surface area contributed by atoms with Crippen LogP contribution in [0.3, 0.4) is 0 Å². The van der Waals surface area contributed by atoms with E-state index in [4.69, 9.17) is 0 Å². The zero-order valence-corrected chi connectivity index (χ0v) is 14.5. The van der Waals surface area contributed by atoms with Crippen LogP contribution in [0.15, 0.2) is 59.1 Å². The fraction of sp³-hybridized carbons (Fsp3) is 0.111. The van der Waals surface area contributed by atoms with Crippen LogP contribution in [-0.4, -0.2) is 28.1 Å². The topological polar surface area (TPSA) is 49.0 Å². The quantitative estimate of drug-likeness (QED) is 0.727. The fourth-order valence-corrected chi connectivity index (χ4v) is 2.62. The van der Waals surface area contributed by atoms with Gasteiger partial charge in [-0.05, 0) is 24.3 Å². The minimum absolute atomic E-state index is 0.193. The van der Waals surface area contributed by atoms with Crippen LogP contribution in [0.4, 0.5) is 4.39 Å². The molecule has 1 aromatic heterocycles. The largest absolute Gasteiger partial charge is 0.336 e. The number of hydrogen-bond donors (Lipinski definition) is 1. The van der Waals surface area contributed by atoms with E-state index in [0.29, 0.717) is 17.0 Å². The maximum Gasteiger partial charge on any atom is 0.271 e. The van der Waals surface area contributed by atoms with Gasteiger partial charge in [0.25, 0.3) is 5.91 Å². The summed E-state index contributed by atoms with van der Waals surface area (Å²) in [6.45, 7) is 0.193. The normalized spacial score (nSPS) is 10.6. The van der Waals surface area contributed by atoms with Crippen molar-refractivity contribution in [2.45, 2.75) is 6.54 Å². The molecule has 1 N–H and O–H groups in total. The van der Waals surface area contributed by atoms with Gasteiger partial charge in [0.05, 0.1) is 5.69 Å². The summed E-state index contributed by atoms with van der Waals surface area (Å²) < 4.78 is 14.7. The Bertz CT molecular complexity index is 861. The molecule has 2 aromatic carbocycles. The van der Waals surface area contributed by atoms with E-state index in [2.05, 4.69) is 26.1 Å². The first-order chi connectivity index (χ1) is 11.5. The maximum absolute atomic E-state index is 13.7. The van der Waals surface area contributed by atoms with Crippen LogP contribution in [0.5, 0.6) is 0 Å². The van der Waals surface area contributed by atoms with Crippen LogP contribution in [-0.2, 0) is 6.54 Å². The molecule has 24 heavy (non-hydrogen) atoms. The number of halogens is 2. The summed E-state index contributed by atoms with van der Waals surface area (Å²) in [6, 6.07) is 15.8. The molecule has 3 rings (SSSR count). The van der Waals surface area contributed by atoms with Crippen molar-refractivity contribution in [1.82, 2.24) is 15.1 Å². The molecule has 4 nitrogen and oxygen atoms in total. The van der Waals surface area contributed by atoms with E-state index in [9.17, 15) is 9.18 Å². The lowest BCUT2D eigenvalue weighted by Gasteiger charge is -2.16. The van der Waals surface area contributed by atoms with Gasteiger partial charge >= 0.3 is 0 Å². The molecule has 122 valence electrons. The van der Waals surface area contributed by atoms with Crippen molar-refractivity contribution in [3.8, 4) is 11.3 Å². The fourth-order valence-electron chi connectivity index (χ4n) is 2.36. The molecule has 0 saturated heterocycles. The Kier molecular flexibility index (Phi) is 4.76. The average molecular weight is 388 g/mol. The van der Waals surface area contributed by atoms with Gasteiger partial charge in [0.2, 0.25) is 0 Å². The summed E-state index contributed by atoms with van der Waals surface area (Å²) >= 11 is 3.38. The van der Waals surface area contributed by atoms with Crippen molar-refractivity contribution in [3.63, 3.8) is 0 Å². The SMILES string of the molecule is CN(Cc1ccccc1F)C(=O)c1cc(-c2ccc(Br)cc2)n[nH]1. The summed E-state index contributed by atoms with van der Waals surface area (Å²) in [4.78, 5) is 13.9. The number of aromatic amines is 1. The van der Waals surface area contributed by atoms with Crippen LogP contribution >= 0.6 is 15.9 Å². The van der Waals surface area contributed by atoms with Gasteiger partial charge in [0, 0.05) is 29.2 Å². The van der Waals surface area contributed by atoms with Gasteiger partial charge in [0.15, 0.2) is 0 Å². The lowest BCUT2D eigenvalue weighted by molar-refractivity contribution is 0.0778. The van der Waals surface area contributed by atoms with E-state index in [0.717, 1.165) is 10.0 Å². The Hall–Kier alpha value is -2.47. The number of nitrogens with one attached hydrogen (secondary N) is 1. The second-order valence-corrected chi connectivity index (χ2v) is 6.34. The molecule has 0 aliphatic rings. The van der Waals surface area contributed by atoms with Crippen LogP contribution in [0, 0.1) is 5.82 Å². The molecule has 0 aliphatic heterocycles. The number of H-pyrrole nitrogens is 1. The van der Waals surface area contributed by atoms with Crippen molar-refractivity contribution < 1.29 is 9.18 Å². The van der Waals surface area contributed by atoms with E-state index in [-0.39, 0.29) is 18.3 Å². The lowest BCUT2D eigenvalue weighted by atomic mass is 10.1. The molecule has 0 aliphatic carbocycles. The second kappa shape index (κ2) is 6.97. The molecule has 6 heteroatoms. The number of carbonyl (C=O) groups excluding carboxylic acids is 1. The van der Waals surface area contributed by atoms with Crippen molar-refractivity contribution in [2.24, 2.45) is 0 Å². The third-order valence-electron chi connectivity index (χ3n) is 3.66. The van der Waals surface area contributed by atoms with Gasteiger partial charge in [-0.1, -0.05) is 46.3 Å². The highest BCUT2D eigenvalue weighted by Crippen LogP contribution is 2.21. The maximum atomic E-state index is 13.7. The third-order valence-corrected chi connectivity index (χ3v) is 4.19. The van der Waals surface area contributed by atoms with Crippen LogP contribution < -0.4 is 0 Å². The standard InChI is InChI=1S/C18H15BrFN3O/c1-23(11-13-4-2-3-5-15(13)20)18(24)17-10-16(21-22-17)12-6-8-14(19)9-7-12/h2-10H,11H2,1H3,(H,21,22). The zero-order chi connectivity index (χ0) is 17.1. The van der Waals surface area contributed by atoms with E-state index >= 15 is 0 Å². The van der Waals surface area contributed by atoms with Gasteiger partial charge in [-0.15, -0.1) is 0 Å². The summed E-state index contributed by atoms with van der Waals surface area (Å²) in [5, 5.41) is 6.94. The molecule has 0 bridgehead atoms. The minimum atomic E-state index is -0.322. The predicted octanol–water partition coefficient (Wildman–Crippen LogP) is 4.25. The first kappa shape index (κ1) is 16.4. The van der Waals surface area contributed by atoms with Crippen molar-refractivity contribution >= 4 is 21.8 Å². The van der Waals surface area contributed by atoms with E-state index in [1.807, 2.05) is 24.3 Å². The minimum Gasteiger partial charge on any atom is -0.336 e. The van der Waals surface area contributed by atoms with Gasteiger partial charge in [-0.25, -0.2) is 4.39 Å². The predicted molar refractivity (Wildman–Crippen MR) is 93.9 cm³/mol. The molecule has 3 aromatic rings. The second-order valence-electron chi connectivity index (χ2n) is 5.43. The number of nitrogens with zero attached hydrogens (tertiary/aromatic N) is 2. The van der Waals surface area contributed by atoms with Crippen molar-refractivity contribution in [1.29, 1.82) is 0 Å². The van der Waals surface area contributed by atoms with Gasteiger partial charge < -0.3 is 4.90 Å². The van der Waals surface area contributed by atoms with Crippen LogP contribution in [0.25, 0.3) is 11.3 Å². The van der Waals surface area contributed by atoms with Gasteiger partial charge in [-0.2, -0.15) is 5.10 Å². The molecule has 0 unspecified atom stereocenters. The van der Waals surface area contributed by atoms with Crippen LogP contribution in [0.1, 0.15) is 16.1 Å². The highest BCUT2D eigenvalue weighted by molar-refractivity contribution is 9.10. The Balaban J connectivity index is 1.75. The van der Waals surface area contributed by atoms with E-state index in [1.165, 1.54) is 11.0 Å². The summed E-state index contributed by atoms with van der Waals surface area (Å²) in [5.74, 6) is -0.563. The van der Waals surface area contributed by atoms with E-state index < -0.39 is 0 Å². The molecule has 0 atom stereocenters. The summed E-state index contributed by atoms with van der Waals surface area (Å²) in [6.07, 6.45) is 0. The average Bonchev–Trinajstić information content (AvgIpc) is 3.07. The van der Waals surface area contributed by atoms with Gasteiger partial charge in [0.1, 0.15) is 11.5 Å². The summed E-state index contributed by atoms with van der Waals surface area (Å²) in [5.41, 5.74) is 2.43. The van der Waals surface area contributed by atoms with Crippen molar-refractivity contribution in [2.75, 3.05) is 7.05 Å². The Morgan fingerprint density at radius 2 is 1.92 bits per heavy atom. The molecule has 0 spiro atoms. The molecular weight excluding hydrogens is 373 g/mol. The first-order valence-corrected chi connectivity index (χ1v) is 8.14. The molecular formula is C18H15BrFN3O. The Labute approximate surface area is 147 Å².